The van der Waals surface area contributed by atoms with Crippen LogP contribution in [-0.4, -0.2) is 59.0 Å². The number of piperidine rings is 1. The molecule has 8 heteroatoms. The van der Waals surface area contributed by atoms with Crippen LogP contribution in [0.4, 0.5) is 4.39 Å². The molecule has 3 aromatic carbocycles. The van der Waals surface area contributed by atoms with Crippen LogP contribution in [0, 0.1) is 12.7 Å². The number of rotatable bonds is 5. The Kier molecular flexibility index (Phi) is 7.24. The summed E-state index contributed by atoms with van der Waals surface area (Å²) < 4.78 is 19.6. The van der Waals surface area contributed by atoms with Crippen LogP contribution < -0.4 is 5.32 Å². The van der Waals surface area contributed by atoms with E-state index < -0.39 is 17.6 Å². The van der Waals surface area contributed by atoms with Gasteiger partial charge in [-0.15, -0.1) is 0 Å². The first-order valence-electron chi connectivity index (χ1n) is 12.8. The minimum atomic E-state index is -1.00. The van der Waals surface area contributed by atoms with Gasteiger partial charge in [0.1, 0.15) is 17.6 Å². The van der Waals surface area contributed by atoms with E-state index in [1.54, 1.807) is 21.9 Å². The molecule has 196 valence electrons. The van der Waals surface area contributed by atoms with Crippen molar-refractivity contribution in [1.29, 1.82) is 0 Å². The second-order valence-corrected chi connectivity index (χ2v) is 9.82. The summed E-state index contributed by atoms with van der Waals surface area (Å²) in [5.74, 6) is -1.16. The van der Waals surface area contributed by atoms with Crippen LogP contribution in [0.1, 0.15) is 44.7 Å². The van der Waals surface area contributed by atoms with Crippen LogP contribution in [0.3, 0.4) is 0 Å². The maximum absolute atomic E-state index is 13.8. The Labute approximate surface area is 221 Å². The van der Waals surface area contributed by atoms with Crippen molar-refractivity contribution in [1.82, 2.24) is 15.1 Å². The molecule has 7 nitrogen and oxygen atoms in total. The molecule has 5 rings (SSSR count). The number of likely N-dealkylation sites (tertiary alicyclic amines) is 1. The molecule has 2 heterocycles. The van der Waals surface area contributed by atoms with Crippen LogP contribution in [0.15, 0.2) is 78.9 Å². The lowest BCUT2D eigenvalue weighted by molar-refractivity contribution is -0.128. The summed E-state index contributed by atoms with van der Waals surface area (Å²) in [5.41, 5.74) is 1.86. The summed E-state index contributed by atoms with van der Waals surface area (Å²) in [5, 5.41) is 2.95. The molecule has 2 fully saturated rings. The molecule has 2 saturated heterocycles. The first-order valence-corrected chi connectivity index (χ1v) is 12.8. The summed E-state index contributed by atoms with van der Waals surface area (Å²) in [6.45, 7) is 3.04. The third kappa shape index (κ3) is 5.17. The molecule has 38 heavy (non-hydrogen) atoms. The van der Waals surface area contributed by atoms with Crippen molar-refractivity contribution in [2.45, 2.75) is 38.1 Å². The highest BCUT2D eigenvalue weighted by Crippen LogP contribution is 2.39. The first-order chi connectivity index (χ1) is 18.4. The van der Waals surface area contributed by atoms with E-state index in [4.69, 9.17) is 4.74 Å². The van der Waals surface area contributed by atoms with Crippen LogP contribution in [0.5, 0.6) is 0 Å². The highest BCUT2D eigenvalue weighted by Gasteiger charge is 2.54. The van der Waals surface area contributed by atoms with Gasteiger partial charge in [0.05, 0.1) is 6.61 Å². The minimum Gasteiger partial charge on any atom is -0.353 e. The number of amides is 3. The molecule has 1 atom stereocenters. The van der Waals surface area contributed by atoms with Gasteiger partial charge in [0, 0.05) is 43.6 Å². The number of hydrogen-bond acceptors (Lipinski definition) is 4. The zero-order valence-corrected chi connectivity index (χ0v) is 21.2. The molecule has 3 amide bonds. The van der Waals surface area contributed by atoms with E-state index in [0.29, 0.717) is 43.6 Å². The molecular formula is C30H30FN3O4. The zero-order chi connectivity index (χ0) is 26.7. The highest BCUT2D eigenvalue weighted by atomic mass is 19.1. The van der Waals surface area contributed by atoms with Gasteiger partial charge in [-0.05, 0) is 48.9 Å². The summed E-state index contributed by atoms with van der Waals surface area (Å²) >= 11 is 0. The van der Waals surface area contributed by atoms with Crippen LogP contribution in [-0.2, 0) is 16.1 Å². The first kappa shape index (κ1) is 25.6. The lowest BCUT2D eigenvalue weighted by Gasteiger charge is -2.44. The summed E-state index contributed by atoms with van der Waals surface area (Å²) in [6.07, 6.45) is 0.722. The fraction of sp³-hybridized carbons (Fsp3) is 0.300. The van der Waals surface area contributed by atoms with E-state index in [-0.39, 0.29) is 24.3 Å². The monoisotopic (exact) mass is 515 g/mol. The third-order valence-corrected chi connectivity index (χ3v) is 7.31. The molecule has 1 spiro atoms. The van der Waals surface area contributed by atoms with Gasteiger partial charge in [0.25, 0.3) is 11.8 Å². The average molecular weight is 516 g/mol. The van der Waals surface area contributed by atoms with Gasteiger partial charge in [-0.25, -0.2) is 4.39 Å². The Hall–Kier alpha value is -4.04. The molecule has 1 N–H and O–H groups in total. The smallest absolute Gasteiger partial charge is 0.256 e. The van der Waals surface area contributed by atoms with E-state index in [0.717, 1.165) is 11.1 Å². The van der Waals surface area contributed by atoms with Crippen LogP contribution >= 0.6 is 0 Å². The molecule has 2 aliphatic heterocycles. The standard InChI is InChI=1S/C30H30FN3O4/c1-21-7-9-24(10-8-21)29(37)34-26(27(35)32-19-22-5-3-2-4-6-22)20-38-30(34)15-17-33(18-16-30)28(36)23-11-13-25(31)14-12-23/h2-14,26H,15-20H2,1H3,(H,32,35)/t26-/m0/s1. The van der Waals surface area contributed by atoms with Crippen molar-refractivity contribution in [3.63, 3.8) is 0 Å². The topological polar surface area (TPSA) is 79.0 Å². The third-order valence-electron chi connectivity index (χ3n) is 7.31. The Balaban J connectivity index is 1.36. The van der Waals surface area contributed by atoms with E-state index in [2.05, 4.69) is 5.32 Å². The van der Waals surface area contributed by atoms with Gasteiger partial charge >= 0.3 is 0 Å². The lowest BCUT2D eigenvalue weighted by Crippen LogP contribution is -2.59. The maximum atomic E-state index is 13.8. The Morgan fingerprint density at radius 1 is 0.895 bits per heavy atom. The van der Waals surface area contributed by atoms with Crippen molar-refractivity contribution >= 4 is 17.7 Å². The number of nitrogens with one attached hydrogen (secondary N) is 1. The molecule has 0 saturated carbocycles. The molecule has 0 aliphatic carbocycles. The SMILES string of the molecule is Cc1ccc(C(=O)N2[C@H](C(=O)NCc3ccccc3)COC23CCN(C(=O)c2ccc(F)cc2)CC3)cc1. The van der Waals surface area contributed by atoms with E-state index >= 15 is 0 Å². The minimum absolute atomic E-state index is 0.0735. The predicted molar refractivity (Wildman–Crippen MR) is 140 cm³/mol. The van der Waals surface area contributed by atoms with Crippen molar-refractivity contribution in [3.05, 3.63) is 107 Å². The average Bonchev–Trinajstić information content (AvgIpc) is 3.31. The van der Waals surface area contributed by atoms with Gasteiger partial charge in [-0.3, -0.25) is 19.3 Å². The number of carbonyl (C=O) groups is 3. The number of ether oxygens (including phenoxy) is 1. The Bertz CT molecular complexity index is 1300. The van der Waals surface area contributed by atoms with Crippen molar-refractivity contribution in [3.8, 4) is 0 Å². The molecule has 0 unspecified atom stereocenters. The van der Waals surface area contributed by atoms with Crippen molar-refractivity contribution < 1.29 is 23.5 Å². The van der Waals surface area contributed by atoms with Gasteiger partial charge in [-0.2, -0.15) is 0 Å². The molecule has 2 aliphatic rings. The number of hydrogen-bond donors (Lipinski definition) is 1. The Morgan fingerprint density at radius 2 is 1.50 bits per heavy atom. The number of carbonyl (C=O) groups excluding carboxylic acids is 3. The van der Waals surface area contributed by atoms with Gasteiger partial charge in [-0.1, -0.05) is 48.0 Å². The molecule has 3 aromatic rings. The van der Waals surface area contributed by atoms with Crippen molar-refractivity contribution in [2.24, 2.45) is 0 Å². The van der Waals surface area contributed by atoms with Crippen LogP contribution in [0.25, 0.3) is 0 Å². The van der Waals surface area contributed by atoms with E-state index in [9.17, 15) is 18.8 Å². The normalized spacial score (nSPS) is 18.4. The lowest BCUT2D eigenvalue weighted by atomic mass is 9.96. The predicted octanol–water partition coefficient (Wildman–Crippen LogP) is 3.92. The fourth-order valence-corrected chi connectivity index (χ4v) is 5.14. The summed E-state index contributed by atoms with van der Waals surface area (Å²) in [6, 6.07) is 21.5. The second-order valence-electron chi connectivity index (χ2n) is 9.82. The molecule has 0 radical (unpaired) electrons. The van der Waals surface area contributed by atoms with Gasteiger partial charge in [0.2, 0.25) is 5.91 Å². The fourth-order valence-electron chi connectivity index (χ4n) is 5.14. The maximum Gasteiger partial charge on any atom is 0.256 e. The van der Waals surface area contributed by atoms with Crippen molar-refractivity contribution in [2.75, 3.05) is 19.7 Å². The molecular weight excluding hydrogens is 485 g/mol. The quantitative estimate of drug-likeness (QED) is 0.559. The highest BCUT2D eigenvalue weighted by molar-refractivity contribution is 5.98. The van der Waals surface area contributed by atoms with Gasteiger partial charge < -0.3 is 15.0 Å². The van der Waals surface area contributed by atoms with Crippen LogP contribution in [0.2, 0.25) is 0 Å². The number of nitrogens with zero attached hydrogens (tertiary/aromatic N) is 2. The van der Waals surface area contributed by atoms with Gasteiger partial charge in [0.15, 0.2) is 0 Å². The molecule has 0 bridgehead atoms. The molecule has 0 aromatic heterocycles. The number of aryl methyl sites for hydroxylation is 1. The summed E-state index contributed by atoms with van der Waals surface area (Å²) in [4.78, 5) is 43.4. The number of halogens is 1. The number of benzene rings is 3. The van der Waals surface area contributed by atoms with E-state index in [1.165, 1.54) is 24.3 Å². The van der Waals surface area contributed by atoms with E-state index in [1.807, 2.05) is 49.4 Å². The largest absolute Gasteiger partial charge is 0.353 e. The summed E-state index contributed by atoms with van der Waals surface area (Å²) in [7, 11) is 0. The second kappa shape index (κ2) is 10.8. The zero-order valence-electron chi connectivity index (χ0n) is 21.2. The Morgan fingerprint density at radius 3 is 2.16 bits per heavy atom.